The van der Waals surface area contributed by atoms with Gasteiger partial charge in [0.1, 0.15) is 17.8 Å². The van der Waals surface area contributed by atoms with Gasteiger partial charge in [-0.25, -0.2) is 0 Å². The summed E-state index contributed by atoms with van der Waals surface area (Å²) >= 11 is 0. The van der Waals surface area contributed by atoms with Gasteiger partial charge in [-0.3, -0.25) is 28.8 Å². The third-order valence-electron chi connectivity index (χ3n) is 9.58. The number of nitrogens with zero attached hydrogens (tertiary/aromatic N) is 5. The minimum atomic E-state index is -0.725. The van der Waals surface area contributed by atoms with Crippen LogP contribution in [0, 0.1) is 17.2 Å². The summed E-state index contributed by atoms with van der Waals surface area (Å²) in [7, 11) is 1.69. The molecule has 2 aromatic carbocycles. The summed E-state index contributed by atoms with van der Waals surface area (Å²) in [5.74, 6) is -0.897. The molecule has 12 nitrogen and oxygen atoms in total. The second-order valence-electron chi connectivity index (χ2n) is 12.9. The zero-order chi connectivity index (χ0) is 34.8. The maximum atomic E-state index is 13.7. The quantitative estimate of drug-likeness (QED) is 0.268. The Bertz CT molecular complexity index is 1650. The van der Waals surface area contributed by atoms with Crippen molar-refractivity contribution in [3.05, 3.63) is 83.2 Å². The number of nitriles is 1. The van der Waals surface area contributed by atoms with Crippen molar-refractivity contribution >= 4 is 29.3 Å². The van der Waals surface area contributed by atoms with Crippen LogP contribution in [-0.4, -0.2) is 81.5 Å². The molecule has 0 radical (unpaired) electrons. The van der Waals surface area contributed by atoms with E-state index in [2.05, 4.69) is 32.0 Å². The van der Waals surface area contributed by atoms with E-state index in [-0.39, 0.29) is 36.0 Å². The molecule has 0 unspecified atom stereocenters. The number of hydrogen-bond acceptors (Lipinski definition) is 7. The van der Waals surface area contributed by atoms with Gasteiger partial charge >= 0.3 is 0 Å². The number of amides is 4. The Balaban J connectivity index is 1.20. The first-order valence-electron chi connectivity index (χ1n) is 17.2. The smallest absolute Gasteiger partial charge is 0.270 e. The van der Waals surface area contributed by atoms with Gasteiger partial charge in [0.25, 0.3) is 5.91 Å². The van der Waals surface area contributed by atoms with Crippen LogP contribution in [0.4, 0.5) is 5.69 Å². The highest BCUT2D eigenvalue weighted by molar-refractivity contribution is 6.00. The maximum Gasteiger partial charge on any atom is 0.270 e. The van der Waals surface area contributed by atoms with E-state index < -0.39 is 12.1 Å². The number of piperazine rings is 1. The average molecular weight is 667 g/mol. The number of nitrogens with one attached hydrogen (secondary N) is 3. The van der Waals surface area contributed by atoms with E-state index >= 15 is 0 Å². The lowest BCUT2D eigenvalue weighted by Crippen LogP contribution is -2.55. The molecular formula is C37H46N8O4. The predicted octanol–water partition coefficient (Wildman–Crippen LogP) is 3.39. The molecule has 1 aliphatic carbocycles. The molecule has 5 rings (SSSR count). The maximum absolute atomic E-state index is 13.7. The largest absolute Gasteiger partial charge is 0.344 e. The fraction of sp³-hybridized carbons (Fsp3) is 0.459. The van der Waals surface area contributed by atoms with E-state index in [0.29, 0.717) is 56.1 Å². The average Bonchev–Trinajstić information content (AvgIpc) is 3.57. The zero-order valence-corrected chi connectivity index (χ0v) is 28.4. The summed E-state index contributed by atoms with van der Waals surface area (Å²) in [4.78, 5) is 56.8. The van der Waals surface area contributed by atoms with Gasteiger partial charge in [0.2, 0.25) is 17.7 Å². The summed E-state index contributed by atoms with van der Waals surface area (Å²) in [6, 6.07) is 17.3. The highest BCUT2D eigenvalue weighted by atomic mass is 16.2. The summed E-state index contributed by atoms with van der Waals surface area (Å²) in [6.45, 7) is 4.78. The molecule has 4 amide bonds. The SMILES string of the molecule is CCC(=O)N[C@H](Cc1ccc(NC(=O)[C@@H](NC(=O)c2ccnn2C)C2CCCCC2)cc1)C(=O)N1CCN(Cc2ccccc2C#N)CC1. The van der Waals surface area contributed by atoms with E-state index in [0.717, 1.165) is 43.2 Å². The molecule has 49 heavy (non-hydrogen) atoms. The van der Waals surface area contributed by atoms with Gasteiger partial charge in [-0.05, 0) is 54.2 Å². The molecule has 258 valence electrons. The molecular weight excluding hydrogens is 620 g/mol. The third kappa shape index (κ3) is 9.32. The summed E-state index contributed by atoms with van der Waals surface area (Å²) in [5.41, 5.74) is 3.44. The molecule has 2 aliphatic rings. The Morgan fingerprint density at radius 1 is 0.939 bits per heavy atom. The van der Waals surface area contributed by atoms with Crippen LogP contribution < -0.4 is 16.0 Å². The van der Waals surface area contributed by atoms with Gasteiger partial charge in [0, 0.05) is 64.5 Å². The molecule has 3 N–H and O–H groups in total. The van der Waals surface area contributed by atoms with Crippen LogP contribution in [0.5, 0.6) is 0 Å². The molecule has 2 heterocycles. The highest BCUT2D eigenvalue weighted by Crippen LogP contribution is 2.28. The van der Waals surface area contributed by atoms with Crippen molar-refractivity contribution in [3.63, 3.8) is 0 Å². The molecule has 2 fully saturated rings. The van der Waals surface area contributed by atoms with Crippen LogP contribution in [0.15, 0.2) is 60.8 Å². The predicted molar refractivity (Wildman–Crippen MR) is 185 cm³/mol. The van der Waals surface area contributed by atoms with E-state index in [1.165, 1.54) is 4.68 Å². The van der Waals surface area contributed by atoms with Gasteiger partial charge in [0.15, 0.2) is 0 Å². The lowest BCUT2D eigenvalue weighted by Gasteiger charge is -2.36. The first-order valence-corrected chi connectivity index (χ1v) is 17.2. The number of rotatable bonds is 12. The van der Waals surface area contributed by atoms with E-state index in [4.69, 9.17) is 0 Å². The monoisotopic (exact) mass is 666 g/mol. The Hall–Kier alpha value is -5.02. The number of carbonyl (C=O) groups excluding carboxylic acids is 4. The van der Waals surface area contributed by atoms with Crippen molar-refractivity contribution in [1.82, 2.24) is 30.2 Å². The molecule has 1 saturated heterocycles. The number of carbonyl (C=O) groups is 4. The van der Waals surface area contributed by atoms with E-state index in [1.807, 2.05) is 36.4 Å². The van der Waals surface area contributed by atoms with Crippen molar-refractivity contribution in [3.8, 4) is 6.07 Å². The summed E-state index contributed by atoms with van der Waals surface area (Å²) < 4.78 is 1.49. The molecule has 2 atom stereocenters. The zero-order valence-electron chi connectivity index (χ0n) is 28.4. The standard InChI is InChI=1S/C37H46N8O4/c1-3-33(46)41-31(37(49)45-21-19-44(20-22-45)25-29-12-8-7-11-28(29)24-38)23-26-13-15-30(16-14-26)40-36(48)34(27-9-5-4-6-10-27)42-35(47)32-17-18-39-43(32)2/h7-8,11-18,27,31,34H,3-6,9-10,19-23,25H2,1-2H3,(H,40,48)(H,41,46)(H,42,47)/t31-,34+/m1/s1. The van der Waals surface area contributed by atoms with Crippen LogP contribution in [0.3, 0.4) is 0 Å². The number of hydrogen-bond donors (Lipinski definition) is 3. The Morgan fingerprint density at radius 2 is 1.65 bits per heavy atom. The summed E-state index contributed by atoms with van der Waals surface area (Å²) in [6.07, 6.45) is 7.02. The highest BCUT2D eigenvalue weighted by Gasteiger charge is 2.32. The van der Waals surface area contributed by atoms with E-state index in [1.54, 1.807) is 43.3 Å². The topological polar surface area (TPSA) is 152 Å². The molecule has 1 aliphatic heterocycles. The van der Waals surface area contributed by atoms with Crippen molar-refractivity contribution in [2.24, 2.45) is 13.0 Å². The first-order chi connectivity index (χ1) is 23.7. The van der Waals surface area contributed by atoms with Gasteiger partial charge in [-0.1, -0.05) is 56.5 Å². The van der Waals surface area contributed by atoms with Crippen molar-refractivity contribution in [1.29, 1.82) is 5.26 Å². The Morgan fingerprint density at radius 3 is 2.31 bits per heavy atom. The Kier molecular flexibility index (Phi) is 12.2. The van der Waals surface area contributed by atoms with Crippen LogP contribution in [0.1, 0.15) is 72.6 Å². The van der Waals surface area contributed by atoms with Crippen LogP contribution in [-0.2, 0) is 34.4 Å². The van der Waals surface area contributed by atoms with Crippen LogP contribution in [0.2, 0.25) is 0 Å². The fourth-order valence-electron chi connectivity index (χ4n) is 6.71. The van der Waals surface area contributed by atoms with Gasteiger partial charge < -0.3 is 20.9 Å². The van der Waals surface area contributed by atoms with Gasteiger partial charge in [0.05, 0.1) is 11.6 Å². The van der Waals surface area contributed by atoms with Crippen molar-refractivity contribution in [2.75, 3.05) is 31.5 Å². The number of aromatic nitrogens is 2. The number of benzene rings is 2. The third-order valence-corrected chi connectivity index (χ3v) is 9.58. The molecule has 3 aromatic rings. The fourth-order valence-corrected chi connectivity index (χ4v) is 6.71. The normalized spacial score (nSPS) is 16.6. The van der Waals surface area contributed by atoms with Gasteiger partial charge in [-0.2, -0.15) is 10.4 Å². The molecule has 1 aromatic heterocycles. The summed E-state index contributed by atoms with van der Waals surface area (Å²) in [5, 5.41) is 22.4. The first kappa shape index (κ1) is 35.3. The lowest BCUT2D eigenvalue weighted by molar-refractivity contribution is -0.138. The number of aryl methyl sites for hydroxylation is 1. The molecule has 12 heteroatoms. The molecule has 0 bridgehead atoms. The van der Waals surface area contributed by atoms with Crippen LogP contribution >= 0.6 is 0 Å². The van der Waals surface area contributed by atoms with E-state index in [9.17, 15) is 24.4 Å². The second kappa shape index (κ2) is 16.9. The minimum absolute atomic E-state index is 0.0365. The van der Waals surface area contributed by atoms with Crippen LogP contribution in [0.25, 0.3) is 0 Å². The minimum Gasteiger partial charge on any atom is -0.344 e. The second-order valence-corrected chi connectivity index (χ2v) is 12.9. The van der Waals surface area contributed by atoms with Crippen molar-refractivity contribution in [2.45, 2.75) is 70.5 Å². The Labute approximate surface area is 287 Å². The van der Waals surface area contributed by atoms with Crippen molar-refractivity contribution < 1.29 is 19.2 Å². The number of anilines is 1. The molecule has 1 saturated carbocycles. The lowest BCUT2D eigenvalue weighted by atomic mass is 9.83. The molecule has 0 spiro atoms. The van der Waals surface area contributed by atoms with Gasteiger partial charge in [-0.15, -0.1) is 0 Å².